The van der Waals surface area contributed by atoms with Gasteiger partial charge in [-0.25, -0.2) is 19.0 Å². The van der Waals surface area contributed by atoms with Gasteiger partial charge in [0.1, 0.15) is 12.1 Å². The molecule has 2 aromatic heterocycles. The van der Waals surface area contributed by atoms with Gasteiger partial charge in [-0.1, -0.05) is 38.1 Å². The van der Waals surface area contributed by atoms with E-state index < -0.39 is 0 Å². The first-order valence-corrected chi connectivity index (χ1v) is 9.38. The molecule has 148 valence electrons. The number of anilines is 1. The number of halogens is 1. The number of pyridine rings is 1. The molecule has 2 aromatic carbocycles. The lowest BCUT2D eigenvalue weighted by molar-refractivity contribution is 0.354. The molecule has 0 aliphatic carbocycles. The second kappa shape index (κ2) is 7.50. The zero-order valence-corrected chi connectivity index (χ0v) is 16.5. The number of rotatable bonds is 5. The van der Waals surface area contributed by atoms with Gasteiger partial charge in [-0.05, 0) is 35.6 Å². The SMILES string of the molecule is COc1nc(-c2ccc3cccc(F)c3c2)ccc1C(C(C)C)n1cnc(N)n1. The van der Waals surface area contributed by atoms with Gasteiger partial charge < -0.3 is 10.5 Å². The van der Waals surface area contributed by atoms with Crippen molar-refractivity contribution in [2.75, 3.05) is 12.8 Å². The molecule has 1 unspecified atom stereocenters. The van der Waals surface area contributed by atoms with Crippen molar-refractivity contribution in [3.63, 3.8) is 0 Å². The number of benzene rings is 2. The van der Waals surface area contributed by atoms with E-state index in [-0.39, 0.29) is 23.7 Å². The number of nitrogens with two attached hydrogens (primary N) is 1. The molecular weight excluding hydrogens is 369 g/mol. The molecule has 0 aliphatic rings. The number of hydrogen-bond donors (Lipinski definition) is 1. The molecule has 0 fully saturated rings. The van der Waals surface area contributed by atoms with Gasteiger partial charge in [-0.15, -0.1) is 5.10 Å². The smallest absolute Gasteiger partial charge is 0.239 e. The van der Waals surface area contributed by atoms with E-state index >= 15 is 0 Å². The van der Waals surface area contributed by atoms with Gasteiger partial charge in [-0.3, -0.25) is 0 Å². The van der Waals surface area contributed by atoms with Crippen LogP contribution >= 0.6 is 0 Å². The predicted octanol–water partition coefficient (Wildman–Crippen LogP) is 4.47. The standard InChI is InChI=1S/C22H22FN5O/c1-13(2)20(28-12-25-22(24)27-28)16-9-10-19(26-21(16)29-3)15-8-7-14-5-4-6-18(23)17(14)11-15/h4-13,20H,1-3H3,(H2,24,27). The Balaban J connectivity index is 1.80. The third kappa shape index (κ3) is 3.51. The number of nitrogens with zero attached hydrogens (tertiary/aromatic N) is 4. The summed E-state index contributed by atoms with van der Waals surface area (Å²) in [4.78, 5) is 8.73. The van der Waals surface area contributed by atoms with Gasteiger partial charge >= 0.3 is 0 Å². The van der Waals surface area contributed by atoms with Crippen LogP contribution in [0.3, 0.4) is 0 Å². The molecule has 0 spiro atoms. The van der Waals surface area contributed by atoms with Crippen molar-refractivity contribution >= 4 is 16.7 Å². The Morgan fingerprint density at radius 2 is 1.93 bits per heavy atom. The summed E-state index contributed by atoms with van der Waals surface area (Å²) in [6, 6.07) is 14.4. The minimum Gasteiger partial charge on any atom is -0.481 e. The van der Waals surface area contributed by atoms with Crippen molar-refractivity contribution in [1.29, 1.82) is 0 Å². The van der Waals surface area contributed by atoms with E-state index in [4.69, 9.17) is 15.5 Å². The van der Waals surface area contributed by atoms with Crippen molar-refractivity contribution in [2.24, 2.45) is 5.92 Å². The first-order valence-electron chi connectivity index (χ1n) is 9.38. The van der Waals surface area contributed by atoms with E-state index in [0.29, 0.717) is 17.0 Å². The zero-order chi connectivity index (χ0) is 20.5. The van der Waals surface area contributed by atoms with Crippen LogP contribution in [0, 0.1) is 11.7 Å². The Bertz CT molecular complexity index is 1170. The molecule has 0 saturated heterocycles. The van der Waals surface area contributed by atoms with Crippen LogP contribution in [0.15, 0.2) is 54.9 Å². The lowest BCUT2D eigenvalue weighted by atomic mass is 9.96. The highest BCUT2D eigenvalue weighted by molar-refractivity contribution is 5.87. The Hall–Kier alpha value is -3.48. The van der Waals surface area contributed by atoms with E-state index in [9.17, 15) is 4.39 Å². The topological polar surface area (TPSA) is 78.8 Å². The molecule has 2 N–H and O–H groups in total. The van der Waals surface area contributed by atoms with Gasteiger partial charge in [0.15, 0.2) is 0 Å². The Kier molecular flexibility index (Phi) is 4.88. The Labute approximate surface area is 168 Å². The summed E-state index contributed by atoms with van der Waals surface area (Å²) in [5.41, 5.74) is 8.10. The third-order valence-electron chi connectivity index (χ3n) is 4.97. The molecule has 0 bridgehead atoms. The van der Waals surface area contributed by atoms with Gasteiger partial charge in [0.25, 0.3) is 0 Å². The summed E-state index contributed by atoms with van der Waals surface area (Å²) in [7, 11) is 1.59. The fraction of sp³-hybridized carbons (Fsp3) is 0.227. The van der Waals surface area contributed by atoms with Crippen molar-refractivity contribution in [2.45, 2.75) is 19.9 Å². The van der Waals surface area contributed by atoms with Gasteiger partial charge in [0.2, 0.25) is 11.8 Å². The number of nitrogen functional groups attached to an aromatic ring is 1. The van der Waals surface area contributed by atoms with Gasteiger partial charge in [0.05, 0.1) is 18.8 Å². The molecule has 29 heavy (non-hydrogen) atoms. The van der Waals surface area contributed by atoms with Gasteiger partial charge in [0, 0.05) is 16.5 Å². The normalized spacial score (nSPS) is 12.4. The number of hydrogen-bond acceptors (Lipinski definition) is 5. The highest BCUT2D eigenvalue weighted by Crippen LogP contribution is 2.34. The zero-order valence-electron chi connectivity index (χ0n) is 16.5. The number of ether oxygens (including phenoxy) is 1. The molecule has 4 aromatic rings. The van der Waals surface area contributed by atoms with Crippen LogP contribution in [0.2, 0.25) is 0 Å². The second-order valence-corrected chi connectivity index (χ2v) is 7.24. The van der Waals surface area contributed by atoms with Crippen LogP contribution in [-0.4, -0.2) is 26.9 Å². The molecule has 2 heterocycles. The number of fused-ring (bicyclic) bond motifs is 1. The molecule has 0 radical (unpaired) electrons. The maximum Gasteiger partial charge on any atom is 0.239 e. The van der Waals surface area contributed by atoms with E-state index in [1.165, 1.54) is 6.07 Å². The van der Waals surface area contributed by atoms with E-state index in [2.05, 4.69) is 23.9 Å². The average molecular weight is 391 g/mol. The van der Waals surface area contributed by atoms with Crippen LogP contribution in [0.1, 0.15) is 25.5 Å². The van der Waals surface area contributed by atoms with Gasteiger partial charge in [-0.2, -0.15) is 0 Å². The van der Waals surface area contributed by atoms with Crippen LogP contribution < -0.4 is 10.5 Å². The summed E-state index contributed by atoms with van der Waals surface area (Å²) in [5.74, 6) is 0.658. The van der Waals surface area contributed by atoms with E-state index in [1.54, 1.807) is 24.2 Å². The minimum atomic E-state index is -0.253. The highest BCUT2D eigenvalue weighted by Gasteiger charge is 2.24. The first-order chi connectivity index (χ1) is 14.0. The Morgan fingerprint density at radius 1 is 1.10 bits per heavy atom. The molecule has 0 aliphatic heterocycles. The van der Waals surface area contributed by atoms with E-state index in [1.807, 2.05) is 36.4 Å². The first kappa shape index (κ1) is 18.9. The number of aromatic nitrogens is 4. The molecular formula is C22H22FN5O. The summed E-state index contributed by atoms with van der Waals surface area (Å²) in [5, 5.41) is 5.68. The highest BCUT2D eigenvalue weighted by atomic mass is 19.1. The largest absolute Gasteiger partial charge is 0.481 e. The molecule has 6 nitrogen and oxygen atoms in total. The number of methoxy groups -OCH3 is 1. The van der Waals surface area contributed by atoms with Crippen molar-refractivity contribution in [3.8, 4) is 17.1 Å². The fourth-order valence-corrected chi connectivity index (χ4v) is 3.62. The molecule has 7 heteroatoms. The van der Waals surface area contributed by atoms with Crippen LogP contribution in [-0.2, 0) is 0 Å². The summed E-state index contributed by atoms with van der Waals surface area (Å²) < 4.78 is 21.5. The minimum absolute atomic E-state index is 0.134. The monoisotopic (exact) mass is 391 g/mol. The van der Waals surface area contributed by atoms with Crippen molar-refractivity contribution in [1.82, 2.24) is 19.7 Å². The summed E-state index contributed by atoms with van der Waals surface area (Å²) in [6.07, 6.45) is 1.61. The maximum atomic E-state index is 14.2. The molecule has 4 rings (SSSR count). The van der Waals surface area contributed by atoms with Crippen LogP contribution in [0.5, 0.6) is 5.88 Å². The lowest BCUT2D eigenvalue weighted by Gasteiger charge is -2.23. The van der Waals surface area contributed by atoms with E-state index in [0.717, 1.165) is 16.5 Å². The second-order valence-electron chi connectivity index (χ2n) is 7.24. The molecule has 0 amide bonds. The Morgan fingerprint density at radius 3 is 2.62 bits per heavy atom. The maximum absolute atomic E-state index is 14.2. The summed E-state index contributed by atoms with van der Waals surface area (Å²) in [6.45, 7) is 4.17. The quantitative estimate of drug-likeness (QED) is 0.543. The summed E-state index contributed by atoms with van der Waals surface area (Å²) >= 11 is 0. The third-order valence-corrected chi connectivity index (χ3v) is 4.97. The predicted molar refractivity (Wildman–Crippen MR) is 111 cm³/mol. The average Bonchev–Trinajstić information content (AvgIpc) is 3.14. The fourth-order valence-electron chi connectivity index (χ4n) is 3.62. The van der Waals surface area contributed by atoms with Crippen molar-refractivity contribution in [3.05, 3.63) is 66.2 Å². The van der Waals surface area contributed by atoms with Crippen LogP contribution in [0.25, 0.3) is 22.0 Å². The molecule has 0 saturated carbocycles. The van der Waals surface area contributed by atoms with Crippen LogP contribution in [0.4, 0.5) is 10.3 Å². The lowest BCUT2D eigenvalue weighted by Crippen LogP contribution is -2.19. The van der Waals surface area contributed by atoms with Crippen molar-refractivity contribution < 1.29 is 9.13 Å². The molecule has 1 atom stereocenters.